The summed E-state index contributed by atoms with van der Waals surface area (Å²) in [6, 6.07) is 13.4. The first-order chi connectivity index (χ1) is 12.8. The zero-order valence-electron chi connectivity index (χ0n) is 14.2. The van der Waals surface area contributed by atoms with Crippen LogP contribution in [0.1, 0.15) is 5.89 Å². The van der Waals surface area contributed by atoms with Gasteiger partial charge in [0.2, 0.25) is 11.7 Å². The summed E-state index contributed by atoms with van der Waals surface area (Å²) in [6.07, 6.45) is 0. The number of methoxy groups -OCH3 is 2. The zero-order chi connectivity index (χ0) is 17.9. The molecule has 0 atom stereocenters. The Morgan fingerprint density at radius 3 is 2.77 bits per heavy atom. The van der Waals surface area contributed by atoms with Gasteiger partial charge >= 0.3 is 0 Å². The lowest BCUT2D eigenvalue weighted by Crippen LogP contribution is -1.91. The second kappa shape index (κ2) is 7.09. The van der Waals surface area contributed by atoms with E-state index < -0.39 is 0 Å². The Morgan fingerprint density at radius 1 is 1.08 bits per heavy atom. The standard InChI is InChI=1S/C18H16N4O3S/c1-23-11-7-8-12(15(9-11)24-2)17-21-16(25-22-17)10-26-18-19-13-5-3-4-6-14(13)20-18/h3-9H,10H2,1-2H3,(H,19,20). The largest absolute Gasteiger partial charge is 0.497 e. The lowest BCUT2D eigenvalue weighted by molar-refractivity contribution is 0.388. The smallest absolute Gasteiger partial charge is 0.237 e. The molecule has 1 N–H and O–H groups in total. The molecule has 0 saturated carbocycles. The highest BCUT2D eigenvalue weighted by Gasteiger charge is 2.15. The van der Waals surface area contributed by atoms with Gasteiger partial charge in [-0.15, -0.1) is 0 Å². The lowest BCUT2D eigenvalue weighted by Gasteiger charge is -2.07. The maximum Gasteiger partial charge on any atom is 0.237 e. The van der Waals surface area contributed by atoms with Gasteiger partial charge in [0.25, 0.3) is 0 Å². The van der Waals surface area contributed by atoms with E-state index in [1.165, 1.54) is 11.8 Å². The van der Waals surface area contributed by atoms with Gasteiger partial charge in [0.15, 0.2) is 5.16 Å². The normalized spacial score (nSPS) is 11.0. The number of hydrogen-bond donors (Lipinski definition) is 1. The summed E-state index contributed by atoms with van der Waals surface area (Å²) in [5.74, 6) is 2.84. The van der Waals surface area contributed by atoms with Crippen LogP contribution in [0.25, 0.3) is 22.4 Å². The van der Waals surface area contributed by atoms with E-state index in [4.69, 9.17) is 14.0 Å². The van der Waals surface area contributed by atoms with Crippen LogP contribution in [0.15, 0.2) is 52.1 Å². The number of nitrogens with one attached hydrogen (secondary N) is 1. The van der Waals surface area contributed by atoms with Gasteiger partial charge < -0.3 is 19.0 Å². The van der Waals surface area contributed by atoms with Gasteiger partial charge in [0.05, 0.1) is 36.6 Å². The monoisotopic (exact) mass is 368 g/mol. The van der Waals surface area contributed by atoms with Crippen molar-refractivity contribution in [3.8, 4) is 22.9 Å². The van der Waals surface area contributed by atoms with Crippen LogP contribution in [0.4, 0.5) is 0 Å². The summed E-state index contributed by atoms with van der Waals surface area (Å²) in [5, 5.41) is 4.87. The van der Waals surface area contributed by atoms with E-state index in [0.717, 1.165) is 21.8 Å². The van der Waals surface area contributed by atoms with Crippen molar-refractivity contribution < 1.29 is 14.0 Å². The van der Waals surface area contributed by atoms with Crippen molar-refractivity contribution in [1.29, 1.82) is 0 Å². The number of para-hydroxylation sites is 2. The molecule has 0 bridgehead atoms. The summed E-state index contributed by atoms with van der Waals surface area (Å²) in [4.78, 5) is 12.2. The fourth-order valence-corrected chi connectivity index (χ4v) is 3.26. The summed E-state index contributed by atoms with van der Waals surface area (Å²) < 4.78 is 16.0. The maximum absolute atomic E-state index is 5.39. The molecule has 0 amide bonds. The van der Waals surface area contributed by atoms with Gasteiger partial charge in [-0.3, -0.25) is 0 Å². The first kappa shape index (κ1) is 16.5. The van der Waals surface area contributed by atoms with Gasteiger partial charge in [0, 0.05) is 6.07 Å². The van der Waals surface area contributed by atoms with E-state index in [1.807, 2.05) is 36.4 Å². The van der Waals surface area contributed by atoms with Gasteiger partial charge in [-0.2, -0.15) is 4.98 Å². The van der Waals surface area contributed by atoms with Crippen molar-refractivity contribution in [3.63, 3.8) is 0 Å². The van der Waals surface area contributed by atoms with Crippen molar-refractivity contribution in [3.05, 3.63) is 48.4 Å². The number of imidazole rings is 1. The van der Waals surface area contributed by atoms with E-state index >= 15 is 0 Å². The number of aromatic nitrogens is 4. The molecule has 132 valence electrons. The Labute approximate surface area is 153 Å². The number of ether oxygens (including phenoxy) is 2. The predicted molar refractivity (Wildman–Crippen MR) is 98.5 cm³/mol. The SMILES string of the molecule is COc1ccc(-c2noc(CSc3nc4ccccc4[nH]3)n2)c(OC)c1. The quantitative estimate of drug-likeness (QED) is 0.516. The van der Waals surface area contributed by atoms with Crippen LogP contribution < -0.4 is 9.47 Å². The maximum atomic E-state index is 5.39. The van der Waals surface area contributed by atoms with Crippen LogP contribution in [0, 0.1) is 0 Å². The first-order valence-electron chi connectivity index (χ1n) is 7.89. The molecule has 0 spiro atoms. The lowest BCUT2D eigenvalue weighted by atomic mass is 10.2. The van der Waals surface area contributed by atoms with Crippen LogP contribution in [0.5, 0.6) is 11.5 Å². The number of thioether (sulfide) groups is 1. The van der Waals surface area contributed by atoms with Crippen molar-refractivity contribution in [2.75, 3.05) is 14.2 Å². The minimum absolute atomic E-state index is 0.477. The van der Waals surface area contributed by atoms with E-state index in [-0.39, 0.29) is 0 Å². The molecule has 0 saturated heterocycles. The van der Waals surface area contributed by atoms with Crippen LogP contribution >= 0.6 is 11.8 Å². The number of H-pyrrole nitrogens is 1. The molecule has 7 nitrogen and oxygen atoms in total. The van der Waals surface area contributed by atoms with E-state index in [1.54, 1.807) is 20.3 Å². The third-order valence-corrected chi connectivity index (χ3v) is 4.68. The molecule has 0 unspecified atom stereocenters. The Morgan fingerprint density at radius 2 is 1.96 bits per heavy atom. The number of aromatic amines is 1. The molecule has 4 rings (SSSR count). The minimum atomic E-state index is 0.477. The molecule has 0 aliphatic rings. The van der Waals surface area contributed by atoms with Crippen LogP contribution in [-0.4, -0.2) is 34.3 Å². The highest BCUT2D eigenvalue weighted by molar-refractivity contribution is 7.98. The van der Waals surface area contributed by atoms with E-state index in [2.05, 4.69) is 20.1 Å². The molecular formula is C18H16N4O3S. The van der Waals surface area contributed by atoms with Crippen molar-refractivity contribution in [1.82, 2.24) is 20.1 Å². The third-order valence-electron chi connectivity index (χ3n) is 3.82. The number of nitrogens with zero attached hydrogens (tertiary/aromatic N) is 3. The van der Waals surface area contributed by atoms with Crippen molar-refractivity contribution >= 4 is 22.8 Å². The number of rotatable bonds is 6. The van der Waals surface area contributed by atoms with Gasteiger partial charge in [-0.1, -0.05) is 29.1 Å². The summed E-state index contributed by atoms with van der Waals surface area (Å²) in [6.45, 7) is 0. The molecule has 2 aromatic carbocycles. The Bertz CT molecular complexity index is 1010. The Kier molecular flexibility index (Phi) is 4.49. The van der Waals surface area contributed by atoms with Crippen LogP contribution in [-0.2, 0) is 5.75 Å². The molecule has 0 aliphatic heterocycles. The Hall–Kier alpha value is -3.00. The number of benzene rings is 2. The highest BCUT2D eigenvalue weighted by atomic mass is 32.2. The predicted octanol–water partition coefficient (Wildman–Crippen LogP) is 3.92. The fourth-order valence-electron chi connectivity index (χ4n) is 2.53. The molecular weight excluding hydrogens is 352 g/mol. The second-order valence-electron chi connectivity index (χ2n) is 5.43. The van der Waals surface area contributed by atoms with Gasteiger partial charge in [-0.05, 0) is 24.3 Å². The highest BCUT2D eigenvalue weighted by Crippen LogP contribution is 2.32. The van der Waals surface area contributed by atoms with Gasteiger partial charge in [-0.25, -0.2) is 4.98 Å². The second-order valence-corrected chi connectivity index (χ2v) is 6.39. The molecule has 4 aromatic rings. The van der Waals surface area contributed by atoms with Crippen molar-refractivity contribution in [2.45, 2.75) is 10.9 Å². The van der Waals surface area contributed by atoms with Crippen LogP contribution in [0.2, 0.25) is 0 Å². The molecule has 0 radical (unpaired) electrons. The van der Waals surface area contributed by atoms with Crippen molar-refractivity contribution in [2.24, 2.45) is 0 Å². The molecule has 8 heteroatoms. The zero-order valence-corrected chi connectivity index (χ0v) is 15.0. The molecule has 2 aromatic heterocycles. The molecule has 0 fully saturated rings. The average Bonchev–Trinajstić information content (AvgIpc) is 3.32. The first-order valence-corrected chi connectivity index (χ1v) is 8.88. The van der Waals surface area contributed by atoms with Crippen LogP contribution in [0.3, 0.4) is 0 Å². The molecule has 2 heterocycles. The summed E-state index contributed by atoms with van der Waals surface area (Å²) in [7, 11) is 3.20. The molecule has 26 heavy (non-hydrogen) atoms. The summed E-state index contributed by atoms with van der Waals surface area (Å²) >= 11 is 1.51. The topological polar surface area (TPSA) is 86.1 Å². The minimum Gasteiger partial charge on any atom is -0.497 e. The fraction of sp³-hybridized carbons (Fsp3) is 0.167. The van der Waals surface area contributed by atoms with Gasteiger partial charge in [0.1, 0.15) is 11.5 Å². The average molecular weight is 368 g/mol. The summed E-state index contributed by atoms with van der Waals surface area (Å²) in [5.41, 5.74) is 2.69. The third kappa shape index (κ3) is 3.23. The molecule has 0 aliphatic carbocycles. The van der Waals surface area contributed by atoms with E-state index in [0.29, 0.717) is 29.0 Å². The number of fused-ring (bicyclic) bond motifs is 1. The Balaban J connectivity index is 1.51. The van der Waals surface area contributed by atoms with E-state index in [9.17, 15) is 0 Å². The number of hydrogen-bond acceptors (Lipinski definition) is 7.